The Kier molecular flexibility index (Phi) is 8.10. The van der Waals surface area contributed by atoms with Crippen LogP contribution in [-0.4, -0.2) is 19.9 Å². The topological polar surface area (TPSA) is 64.7 Å². The summed E-state index contributed by atoms with van der Waals surface area (Å²) in [5, 5.41) is 9.04. The molecule has 0 N–H and O–H groups in total. The Morgan fingerprint density at radius 3 is 1.62 bits per heavy atom. The summed E-state index contributed by atoms with van der Waals surface area (Å²) in [6.07, 6.45) is 0. The second-order valence-corrected chi connectivity index (χ2v) is 15.4. The van der Waals surface area contributed by atoms with Gasteiger partial charge >= 0.3 is 0 Å². The molecule has 0 unspecified atom stereocenters. The molecule has 61 heavy (non-hydrogen) atoms. The van der Waals surface area contributed by atoms with E-state index in [2.05, 4.69) is 158 Å². The van der Waals surface area contributed by atoms with E-state index in [-0.39, 0.29) is 0 Å². The lowest BCUT2D eigenvalue weighted by molar-refractivity contribution is 0.623. The minimum atomic E-state index is 0.603. The van der Waals surface area contributed by atoms with Crippen molar-refractivity contribution in [1.82, 2.24) is 19.9 Å². The zero-order valence-corrected chi connectivity index (χ0v) is 32.8. The third kappa shape index (κ3) is 6.10. The van der Waals surface area contributed by atoms with Gasteiger partial charge < -0.3 is 4.42 Å². The molecule has 10 aromatic carbocycles. The van der Waals surface area contributed by atoms with Gasteiger partial charge in [-0.1, -0.05) is 176 Å². The summed E-state index contributed by atoms with van der Waals surface area (Å²) in [6.45, 7) is 0. The second kappa shape index (κ2) is 14.2. The Bertz CT molecular complexity index is 3640. The van der Waals surface area contributed by atoms with Gasteiger partial charge in [0.05, 0.1) is 0 Å². The maximum atomic E-state index is 6.58. The van der Waals surface area contributed by atoms with Crippen LogP contribution >= 0.6 is 0 Å². The first-order chi connectivity index (χ1) is 30.2. The van der Waals surface area contributed by atoms with Gasteiger partial charge in [-0.15, -0.1) is 0 Å². The molecule has 0 fully saturated rings. The predicted molar refractivity (Wildman–Crippen MR) is 250 cm³/mol. The molecule has 0 bridgehead atoms. The van der Waals surface area contributed by atoms with Crippen molar-refractivity contribution in [3.05, 3.63) is 206 Å². The molecule has 0 radical (unpaired) electrons. The molecular formula is C56H34N4O. The fourth-order valence-electron chi connectivity index (χ4n) is 8.67. The average molecular weight is 779 g/mol. The molecule has 0 aliphatic carbocycles. The molecule has 0 saturated carbocycles. The third-order valence-corrected chi connectivity index (χ3v) is 11.7. The predicted octanol–water partition coefficient (Wildman–Crippen LogP) is 14.6. The van der Waals surface area contributed by atoms with Gasteiger partial charge in [0.2, 0.25) is 5.89 Å². The molecule has 12 aromatic rings. The number of hydrogen-bond acceptors (Lipinski definition) is 5. The molecule has 284 valence electrons. The molecule has 0 aliphatic heterocycles. The third-order valence-electron chi connectivity index (χ3n) is 11.7. The smallest absolute Gasteiger partial charge is 0.227 e. The fourth-order valence-corrected chi connectivity index (χ4v) is 8.67. The van der Waals surface area contributed by atoms with E-state index >= 15 is 0 Å². The lowest BCUT2D eigenvalue weighted by Crippen LogP contribution is -2.01. The molecule has 5 heteroatoms. The largest absolute Gasteiger partial charge is 0.435 e. The first-order valence-electron chi connectivity index (χ1n) is 20.5. The molecule has 12 rings (SSSR count). The number of rotatable bonds is 6. The molecule has 0 saturated heterocycles. The lowest BCUT2D eigenvalue weighted by atomic mass is 9.95. The zero-order chi connectivity index (χ0) is 40.3. The Balaban J connectivity index is 1.02. The van der Waals surface area contributed by atoms with Crippen LogP contribution in [0.5, 0.6) is 0 Å². The number of oxazole rings is 1. The number of benzene rings is 10. The van der Waals surface area contributed by atoms with E-state index in [9.17, 15) is 0 Å². The molecule has 0 aliphatic rings. The minimum Gasteiger partial charge on any atom is -0.435 e. The highest BCUT2D eigenvalue weighted by Gasteiger charge is 2.18. The Morgan fingerprint density at radius 2 is 0.836 bits per heavy atom. The van der Waals surface area contributed by atoms with Crippen molar-refractivity contribution in [2.45, 2.75) is 0 Å². The van der Waals surface area contributed by atoms with Crippen LogP contribution in [0.2, 0.25) is 0 Å². The molecule has 2 aromatic heterocycles. The van der Waals surface area contributed by atoms with Crippen LogP contribution in [0.25, 0.3) is 122 Å². The van der Waals surface area contributed by atoms with Crippen molar-refractivity contribution in [2.24, 2.45) is 0 Å². The SMILES string of the molecule is c1ccc(-c2nc3ccc4ccc5ccc6cc(-c7nc(-c8ccc(-c9ccc%10ccccc%10c9)cc8)nc(-c8ccccc8-c8ccccc8)n7)ccc6c5c4c3o2)cc1. The summed E-state index contributed by atoms with van der Waals surface area (Å²) in [7, 11) is 0. The fraction of sp³-hybridized carbons (Fsp3) is 0. The standard InChI is InChI=1S/C56H34N4O/c1-3-12-37(13-4-1)46-17-9-10-18-48(46)55-59-53(40-25-19-36(20-26-40)43-27-21-35-11-7-8-16-42(35)33-43)58-54(60-55)45-29-31-47-44(34-45)28-24-38-22-23-39-30-32-49-52(51(39)50(38)47)61-56(57-49)41-14-5-2-6-15-41/h1-34H. The highest BCUT2D eigenvalue weighted by molar-refractivity contribution is 6.26. The van der Waals surface area contributed by atoms with Crippen LogP contribution in [0.4, 0.5) is 0 Å². The summed E-state index contributed by atoms with van der Waals surface area (Å²) in [5.41, 5.74) is 9.77. The van der Waals surface area contributed by atoms with Crippen LogP contribution in [-0.2, 0) is 0 Å². The first kappa shape index (κ1) is 34.7. The van der Waals surface area contributed by atoms with Gasteiger partial charge in [-0.2, -0.15) is 0 Å². The van der Waals surface area contributed by atoms with Crippen molar-refractivity contribution in [2.75, 3.05) is 0 Å². The highest BCUT2D eigenvalue weighted by Crippen LogP contribution is 2.40. The van der Waals surface area contributed by atoms with Gasteiger partial charge in [-0.25, -0.2) is 19.9 Å². The van der Waals surface area contributed by atoms with Gasteiger partial charge in [-0.3, -0.25) is 0 Å². The molecule has 0 amide bonds. The van der Waals surface area contributed by atoms with Gasteiger partial charge in [-0.05, 0) is 84.9 Å². The summed E-state index contributed by atoms with van der Waals surface area (Å²) in [6, 6.07) is 71.8. The van der Waals surface area contributed by atoms with Crippen LogP contribution < -0.4 is 0 Å². The molecule has 5 nitrogen and oxygen atoms in total. The monoisotopic (exact) mass is 778 g/mol. The molecular weight excluding hydrogens is 745 g/mol. The Morgan fingerprint density at radius 1 is 0.295 bits per heavy atom. The van der Waals surface area contributed by atoms with E-state index in [1.165, 1.54) is 10.8 Å². The molecule has 0 spiro atoms. The quantitative estimate of drug-likeness (QED) is 0.157. The molecule has 2 heterocycles. The maximum absolute atomic E-state index is 6.58. The number of nitrogens with zero attached hydrogens (tertiary/aromatic N) is 4. The van der Waals surface area contributed by atoms with Crippen LogP contribution in [0.3, 0.4) is 0 Å². The van der Waals surface area contributed by atoms with Gasteiger partial charge in [0, 0.05) is 33.0 Å². The summed E-state index contributed by atoms with van der Waals surface area (Å²) < 4.78 is 6.58. The van der Waals surface area contributed by atoms with Crippen molar-refractivity contribution in [1.29, 1.82) is 0 Å². The van der Waals surface area contributed by atoms with E-state index in [4.69, 9.17) is 24.4 Å². The van der Waals surface area contributed by atoms with E-state index in [1.54, 1.807) is 0 Å². The van der Waals surface area contributed by atoms with Gasteiger partial charge in [0.1, 0.15) is 5.52 Å². The normalized spacial score (nSPS) is 11.6. The van der Waals surface area contributed by atoms with Crippen molar-refractivity contribution >= 4 is 54.2 Å². The van der Waals surface area contributed by atoms with E-state index in [1.807, 2.05) is 48.5 Å². The molecule has 0 atom stereocenters. The number of aromatic nitrogens is 4. The second-order valence-electron chi connectivity index (χ2n) is 15.4. The first-order valence-corrected chi connectivity index (χ1v) is 20.5. The van der Waals surface area contributed by atoms with Crippen LogP contribution in [0.15, 0.2) is 211 Å². The zero-order valence-electron chi connectivity index (χ0n) is 32.8. The van der Waals surface area contributed by atoms with E-state index in [0.29, 0.717) is 23.4 Å². The highest BCUT2D eigenvalue weighted by atomic mass is 16.3. The van der Waals surface area contributed by atoms with Crippen LogP contribution in [0, 0.1) is 0 Å². The van der Waals surface area contributed by atoms with E-state index in [0.717, 1.165) is 87.9 Å². The summed E-state index contributed by atoms with van der Waals surface area (Å²) >= 11 is 0. The number of hydrogen-bond donors (Lipinski definition) is 0. The number of fused-ring (bicyclic) bond motifs is 8. The van der Waals surface area contributed by atoms with Gasteiger partial charge in [0.25, 0.3) is 0 Å². The maximum Gasteiger partial charge on any atom is 0.227 e. The van der Waals surface area contributed by atoms with E-state index < -0.39 is 0 Å². The Hall–Kier alpha value is -8.28. The average Bonchev–Trinajstić information content (AvgIpc) is 3.79. The van der Waals surface area contributed by atoms with Crippen molar-refractivity contribution in [3.8, 4) is 67.9 Å². The summed E-state index contributed by atoms with van der Waals surface area (Å²) in [5.74, 6) is 2.44. The van der Waals surface area contributed by atoms with Crippen molar-refractivity contribution < 1.29 is 4.42 Å². The van der Waals surface area contributed by atoms with Crippen LogP contribution in [0.1, 0.15) is 0 Å². The van der Waals surface area contributed by atoms with Gasteiger partial charge in [0.15, 0.2) is 23.1 Å². The summed E-state index contributed by atoms with van der Waals surface area (Å²) in [4.78, 5) is 20.5. The lowest BCUT2D eigenvalue weighted by Gasteiger charge is -2.13. The van der Waals surface area contributed by atoms with Crippen molar-refractivity contribution in [3.63, 3.8) is 0 Å². The Labute approximate surface area is 351 Å². The minimum absolute atomic E-state index is 0.603.